The van der Waals surface area contributed by atoms with Crippen LogP contribution in [0.2, 0.25) is 0 Å². The van der Waals surface area contributed by atoms with Gasteiger partial charge in [-0.3, -0.25) is 4.79 Å². The molecule has 0 aliphatic heterocycles. The lowest BCUT2D eigenvalue weighted by atomic mass is 10.1. The molecule has 0 radical (unpaired) electrons. The van der Waals surface area contributed by atoms with E-state index in [2.05, 4.69) is 10.3 Å². The van der Waals surface area contributed by atoms with E-state index in [-0.39, 0.29) is 5.91 Å². The molecule has 1 aromatic carbocycles. The van der Waals surface area contributed by atoms with Crippen LogP contribution < -0.4 is 5.32 Å². The molecular formula is C13H17N3O. The molecular weight excluding hydrogens is 214 g/mol. The number of H-pyrrole nitrogens is 1. The smallest absolute Gasteiger partial charge is 0.253 e. The summed E-state index contributed by atoms with van der Waals surface area (Å²) in [6.45, 7) is 1.50. The molecule has 0 bridgehead atoms. The van der Waals surface area contributed by atoms with Crippen molar-refractivity contribution in [3.63, 3.8) is 0 Å². The molecule has 0 unspecified atom stereocenters. The monoisotopic (exact) mass is 231 g/mol. The van der Waals surface area contributed by atoms with Crippen LogP contribution in [-0.2, 0) is 0 Å². The summed E-state index contributed by atoms with van der Waals surface area (Å²) in [5.74, 6) is -0.0238. The van der Waals surface area contributed by atoms with Crippen LogP contribution in [0.1, 0.15) is 10.4 Å². The highest BCUT2D eigenvalue weighted by molar-refractivity contribution is 6.06. The number of carbonyl (C=O) groups is 1. The Morgan fingerprint density at radius 1 is 1.35 bits per heavy atom. The molecule has 1 aromatic heterocycles. The van der Waals surface area contributed by atoms with Gasteiger partial charge < -0.3 is 15.2 Å². The number of nitrogens with one attached hydrogen (secondary N) is 2. The predicted octanol–water partition coefficient (Wildman–Crippen LogP) is 1.46. The summed E-state index contributed by atoms with van der Waals surface area (Å²) in [6, 6.07) is 7.80. The number of hydrogen-bond donors (Lipinski definition) is 2. The maximum Gasteiger partial charge on any atom is 0.253 e. The van der Waals surface area contributed by atoms with Crippen LogP contribution in [0.5, 0.6) is 0 Å². The molecule has 0 aliphatic carbocycles. The highest BCUT2D eigenvalue weighted by Crippen LogP contribution is 2.17. The second-order valence-corrected chi connectivity index (χ2v) is 4.31. The highest BCUT2D eigenvalue weighted by atomic mass is 16.1. The minimum atomic E-state index is -0.0238. The fraction of sp³-hybridized carbons (Fsp3) is 0.308. The highest BCUT2D eigenvalue weighted by Gasteiger charge is 2.10. The average molecular weight is 231 g/mol. The molecule has 0 spiro atoms. The third-order valence-corrected chi connectivity index (χ3v) is 2.68. The van der Waals surface area contributed by atoms with Gasteiger partial charge in [-0.2, -0.15) is 0 Å². The number of benzene rings is 1. The van der Waals surface area contributed by atoms with Crippen LogP contribution in [0.15, 0.2) is 30.5 Å². The van der Waals surface area contributed by atoms with Gasteiger partial charge in [0.15, 0.2) is 0 Å². The number of carbonyl (C=O) groups excluding carboxylic acids is 1. The molecule has 0 fully saturated rings. The van der Waals surface area contributed by atoms with Crippen molar-refractivity contribution in [3.8, 4) is 0 Å². The lowest BCUT2D eigenvalue weighted by Crippen LogP contribution is -2.31. The minimum absolute atomic E-state index is 0.0238. The van der Waals surface area contributed by atoms with Crippen molar-refractivity contribution in [1.29, 1.82) is 0 Å². The molecule has 1 heterocycles. The van der Waals surface area contributed by atoms with Crippen molar-refractivity contribution in [2.24, 2.45) is 0 Å². The second kappa shape index (κ2) is 5.01. The number of rotatable bonds is 4. The first-order chi connectivity index (χ1) is 8.18. The molecule has 1 amide bonds. The third kappa shape index (κ3) is 2.65. The molecule has 2 N–H and O–H groups in total. The first-order valence-corrected chi connectivity index (χ1v) is 5.67. The fourth-order valence-corrected chi connectivity index (χ4v) is 1.75. The van der Waals surface area contributed by atoms with Gasteiger partial charge in [0.2, 0.25) is 0 Å². The van der Waals surface area contributed by atoms with Crippen LogP contribution in [0.25, 0.3) is 10.9 Å². The van der Waals surface area contributed by atoms with E-state index in [9.17, 15) is 4.79 Å². The molecule has 2 rings (SSSR count). The number of nitrogens with zero attached hydrogens (tertiary/aromatic N) is 1. The first-order valence-electron chi connectivity index (χ1n) is 5.67. The molecule has 0 aliphatic rings. The van der Waals surface area contributed by atoms with E-state index in [4.69, 9.17) is 0 Å². The third-order valence-electron chi connectivity index (χ3n) is 2.68. The lowest BCUT2D eigenvalue weighted by Gasteiger charge is -2.09. The molecule has 0 atom stereocenters. The zero-order chi connectivity index (χ0) is 12.3. The molecule has 0 saturated carbocycles. The molecule has 2 aromatic rings. The Bertz CT molecular complexity index is 516. The lowest BCUT2D eigenvalue weighted by molar-refractivity contribution is 0.0953. The Morgan fingerprint density at radius 3 is 2.88 bits per heavy atom. The van der Waals surface area contributed by atoms with E-state index in [0.717, 1.165) is 17.4 Å². The molecule has 4 heteroatoms. The van der Waals surface area contributed by atoms with Gasteiger partial charge in [-0.15, -0.1) is 0 Å². The number of fused-ring (bicyclic) bond motifs is 1. The van der Waals surface area contributed by atoms with Gasteiger partial charge in [0, 0.05) is 30.2 Å². The van der Waals surface area contributed by atoms with Gasteiger partial charge in [-0.1, -0.05) is 18.2 Å². The van der Waals surface area contributed by atoms with Gasteiger partial charge in [0.05, 0.1) is 5.56 Å². The summed E-state index contributed by atoms with van der Waals surface area (Å²) in [5, 5.41) is 3.88. The van der Waals surface area contributed by atoms with E-state index in [1.165, 1.54) is 0 Å². The van der Waals surface area contributed by atoms with E-state index in [0.29, 0.717) is 12.1 Å². The van der Waals surface area contributed by atoms with Crippen molar-refractivity contribution in [1.82, 2.24) is 15.2 Å². The molecule has 17 heavy (non-hydrogen) atoms. The van der Waals surface area contributed by atoms with Crippen molar-refractivity contribution in [2.75, 3.05) is 27.2 Å². The van der Waals surface area contributed by atoms with Crippen LogP contribution >= 0.6 is 0 Å². The average Bonchev–Trinajstić information content (AvgIpc) is 2.72. The van der Waals surface area contributed by atoms with Crippen molar-refractivity contribution >= 4 is 16.8 Å². The van der Waals surface area contributed by atoms with E-state index in [1.54, 1.807) is 6.20 Å². The zero-order valence-electron chi connectivity index (χ0n) is 10.2. The number of likely N-dealkylation sites (N-methyl/N-ethyl adjacent to an activating group) is 1. The van der Waals surface area contributed by atoms with Gasteiger partial charge in [0.25, 0.3) is 5.91 Å². The maximum absolute atomic E-state index is 12.0. The minimum Gasteiger partial charge on any atom is -0.360 e. The summed E-state index contributed by atoms with van der Waals surface area (Å²) >= 11 is 0. The van der Waals surface area contributed by atoms with Gasteiger partial charge in [-0.25, -0.2) is 0 Å². The summed E-state index contributed by atoms with van der Waals surface area (Å²) < 4.78 is 0. The number of amides is 1. The maximum atomic E-state index is 12.0. The number of para-hydroxylation sites is 1. The zero-order valence-corrected chi connectivity index (χ0v) is 10.2. The SMILES string of the molecule is CN(C)CCNC(=O)c1c[nH]c2ccccc12. The number of aromatic nitrogens is 1. The largest absolute Gasteiger partial charge is 0.360 e. The quantitative estimate of drug-likeness (QED) is 0.837. The van der Waals surface area contributed by atoms with Crippen LogP contribution in [0.3, 0.4) is 0 Å². The van der Waals surface area contributed by atoms with Gasteiger partial charge in [0.1, 0.15) is 0 Å². The van der Waals surface area contributed by atoms with Crippen LogP contribution in [-0.4, -0.2) is 43.0 Å². The topological polar surface area (TPSA) is 48.1 Å². The van der Waals surface area contributed by atoms with Gasteiger partial charge in [-0.05, 0) is 20.2 Å². The normalized spacial score (nSPS) is 11.0. The Kier molecular flexibility index (Phi) is 3.44. The summed E-state index contributed by atoms with van der Waals surface area (Å²) in [7, 11) is 3.97. The van der Waals surface area contributed by atoms with Crippen molar-refractivity contribution < 1.29 is 4.79 Å². The fourth-order valence-electron chi connectivity index (χ4n) is 1.75. The first kappa shape index (κ1) is 11.7. The number of aromatic amines is 1. The summed E-state index contributed by atoms with van der Waals surface area (Å²) in [5.41, 5.74) is 1.70. The van der Waals surface area contributed by atoms with Gasteiger partial charge >= 0.3 is 0 Å². The predicted molar refractivity (Wildman–Crippen MR) is 69.2 cm³/mol. The van der Waals surface area contributed by atoms with E-state index < -0.39 is 0 Å². The van der Waals surface area contributed by atoms with E-state index in [1.807, 2.05) is 43.3 Å². The Hall–Kier alpha value is -1.81. The second-order valence-electron chi connectivity index (χ2n) is 4.31. The van der Waals surface area contributed by atoms with Crippen molar-refractivity contribution in [3.05, 3.63) is 36.0 Å². The standard InChI is InChI=1S/C13H17N3O/c1-16(2)8-7-14-13(17)11-9-15-12-6-4-3-5-10(11)12/h3-6,9,15H,7-8H2,1-2H3,(H,14,17). The summed E-state index contributed by atoms with van der Waals surface area (Å²) in [6.07, 6.45) is 1.76. The Labute approximate surface area is 101 Å². The van der Waals surface area contributed by atoms with Crippen LogP contribution in [0, 0.1) is 0 Å². The molecule has 0 saturated heterocycles. The molecule has 4 nitrogen and oxygen atoms in total. The number of hydrogen-bond acceptors (Lipinski definition) is 2. The van der Waals surface area contributed by atoms with E-state index >= 15 is 0 Å². The summed E-state index contributed by atoms with van der Waals surface area (Å²) in [4.78, 5) is 17.1. The Morgan fingerprint density at radius 2 is 2.12 bits per heavy atom. The molecule has 90 valence electrons. The van der Waals surface area contributed by atoms with Crippen LogP contribution in [0.4, 0.5) is 0 Å². The Balaban J connectivity index is 2.09. The van der Waals surface area contributed by atoms with Crippen molar-refractivity contribution in [2.45, 2.75) is 0 Å².